The van der Waals surface area contributed by atoms with Gasteiger partial charge >= 0.3 is 5.97 Å². The van der Waals surface area contributed by atoms with Crippen LogP contribution >= 0.6 is 0 Å². The number of aryl methyl sites for hydroxylation is 1. The smallest absolute Gasteiger partial charge is 0.314 e. The normalized spacial score (nSPS) is 29.6. The van der Waals surface area contributed by atoms with Gasteiger partial charge in [0.05, 0.1) is 5.41 Å². The second-order valence-electron chi connectivity index (χ2n) is 4.77. The fraction of sp³-hybridized carbons (Fsp3) is 0.462. The monoisotopic (exact) mass is 204 g/mol. The van der Waals surface area contributed by atoms with E-state index in [9.17, 15) is 9.90 Å². The molecule has 0 amide bonds. The summed E-state index contributed by atoms with van der Waals surface area (Å²) in [5, 5.41) is 9.35. The molecule has 0 radical (unpaired) electrons. The maximum absolute atomic E-state index is 11.4. The number of carboxylic acids is 1. The molecule has 1 N–H and O–H groups in total. The van der Waals surface area contributed by atoms with Crippen molar-refractivity contribution in [2.24, 2.45) is 5.92 Å². The van der Waals surface area contributed by atoms with E-state index >= 15 is 0 Å². The van der Waals surface area contributed by atoms with Crippen LogP contribution in [0, 0.1) is 12.8 Å². The zero-order chi connectivity index (χ0) is 11.1. The van der Waals surface area contributed by atoms with Crippen molar-refractivity contribution in [3.63, 3.8) is 0 Å². The lowest BCUT2D eigenvalue weighted by Crippen LogP contribution is -2.46. The van der Waals surface area contributed by atoms with E-state index < -0.39 is 11.4 Å². The van der Waals surface area contributed by atoms with Gasteiger partial charge in [-0.15, -0.1) is 0 Å². The van der Waals surface area contributed by atoms with Crippen molar-refractivity contribution in [1.29, 1.82) is 0 Å². The third-order valence-electron chi connectivity index (χ3n) is 3.37. The Bertz CT molecular complexity index is 389. The lowest BCUT2D eigenvalue weighted by molar-refractivity contribution is -0.149. The van der Waals surface area contributed by atoms with Gasteiger partial charge < -0.3 is 5.11 Å². The molecule has 2 heteroatoms. The van der Waals surface area contributed by atoms with Crippen molar-refractivity contribution in [3.8, 4) is 0 Å². The molecule has 1 fully saturated rings. The van der Waals surface area contributed by atoms with E-state index in [1.54, 1.807) is 0 Å². The highest BCUT2D eigenvalue weighted by Crippen LogP contribution is 2.47. The Balaban J connectivity index is 2.39. The minimum absolute atomic E-state index is 0.529. The molecule has 1 saturated carbocycles. The molecule has 1 aromatic carbocycles. The van der Waals surface area contributed by atoms with E-state index in [0.717, 1.165) is 24.0 Å². The van der Waals surface area contributed by atoms with Crippen LogP contribution in [0.15, 0.2) is 24.3 Å². The second kappa shape index (κ2) is 3.37. The third kappa shape index (κ3) is 1.54. The number of carbonyl (C=O) groups is 1. The summed E-state index contributed by atoms with van der Waals surface area (Å²) in [5.74, 6) is -0.146. The molecular weight excluding hydrogens is 188 g/mol. The summed E-state index contributed by atoms with van der Waals surface area (Å²) >= 11 is 0. The van der Waals surface area contributed by atoms with Gasteiger partial charge in [0.2, 0.25) is 0 Å². The summed E-state index contributed by atoms with van der Waals surface area (Å²) in [6.07, 6.45) is 1.54. The van der Waals surface area contributed by atoms with Gasteiger partial charge in [0.1, 0.15) is 0 Å². The summed E-state index contributed by atoms with van der Waals surface area (Å²) in [6, 6.07) is 7.88. The molecule has 0 bridgehead atoms. The summed E-state index contributed by atoms with van der Waals surface area (Å²) in [6.45, 7) is 4.11. The SMILES string of the molecule is Cc1cccc(C2(C(=O)O)CC(C)C2)c1. The third-order valence-corrected chi connectivity index (χ3v) is 3.37. The maximum atomic E-state index is 11.4. The van der Waals surface area contributed by atoms with Gasteiger partial charge in [-0.3, -0.25) is 4.79 Å². The highest BCUT2D eigenvalue weighted by atomic mass is 16.4. The van der Waals surface area contributed by atoms with Gasteiger partial charge in [0, 0.05) is 0 Å². The predicted molar refractivity (Wildman–Crippen MR) is 58.9 cm³/mol. The Kier molecular flexibility index (Phi) is 2.29. The van der Waals surface area contributed by atoms with E-state index in [1.807, 2.05) is 31.2 Å². The van der Waals surface area contributed by atoms with Crippen LogP contribution in [-0.4, -0.2) is 11.1 Å². The predicted octanol–water partition coefficient (Wildman–Crippen LogP) is 2.75. The molecule has 2 rings (SSSR count). The van der Waals surface area contributed by atoms with Crippen LogP contribution in [0.2, 0.25) is 0 Å². The largest absolute Gasteiger partial charge is 0.481 e. The van der Waals surface area contributed by atoms with E-state index in [1.165, 1.54) is 0 Å². The minimum Gasteiger partial charge on any atom is -0.481 e. The summed E-state index contributed by atoms with van der Waals surface area (Å²) in [5.41, 5.74) is 1.49. The van der Waals surface area contributed by atoms with Crippen LogP contribution in [0.4, 0.5) is 0 Å². The Hall–Kier alpha value is -1.31. The molecule has 0 spiro atoms. The minimum atomic E-state index is -0.675. The lowest BCUT2D eigenvalue weighted by atomic mass is 9.59. The first-order valence-corrected chi connectivity index (χ1v) is 5.35. The Morgan fingerprint density at radius 2 is 2.13 bits per heavy atom. The van der Waals surface area contributed by atoms with Crippen molar-refractivity contribution in [2.45, 2.75) is 32.1 Å². The van der Waals surface area contributed by atoms with Crippen LogP contribution < -0.4 is 0 Å². The van der Waals surface area contributed by atoms with Gasteiger partial charge in [-0.1, -0.05) is 36.8 Å². The van der Waals surface area contributed by atoms with Crippen molar-refractivity contribution >= 4 is 5.97 Å². The molecule has 2 nitrogen and oxygen atoms in total. The Labute approximate surface area is 89.9 Å². The Morgan fingerprint density at radius 1 is 1.47 bits per heavy atom. The molecule has 15 heavy (non-hydrogen) atoms. The van der Waals surface area contributed by atoms with Crippen molar-refractivity contribution in [3.05, 3.63) is 35.4 Å². The van der Waals surface area contributed by atoms with Gasteiger partial charge in [0.15, 0.2) is 0 Å². The number of hydrogen-bond acceptors (Lipinski definition) is 1. The summed E-state index contributed by atoms with van der Waals surface area (Å²) in [4.78, 5) is 11.4. The fourth-order valence-corrected chi connectivity index (χ4v) is 2.61. The van der Waals surface area contributed by atoms with Crippen LogP contribution in [0.25, 0.3) is 0 Å². The molecule has 1 aliphatic carbocycles. The summed E-state index contributed by atoms with van der Waals surface area (Å²) in [7, 11) is 0. The van der Waals surface area contributed by atoms with Crippen LogP contribution in [0.3, 0.4) is 0 Å². The van der Waals surface area contributed by atoms with Crippen LogP contribution in [0.5, 0.6) is 0 Å². The molecule has 0 atom stereocenters. The molecule has 0 unspecified atom stereocenters. The molecule has 0 saturated heterocycles. The quantitative estimate of drug-likeness (QED) is 0.804. The van der Waals surface area contributed by atoms with E-state index in [4.69, 9.17) is 0 Å². The molecule has 0 aliphatic heterocycles. The molecule has 1 aliphatic rings. The van der Waals surface area contributed by atoms with Crippen molar-refractivity contribution in [1.82, 2.24) is 0 Å². The van der Waals surface area contributed by atoms with Gasteiger partial charge in [0.25, 0.3) is 0 Å². The molecular formula is C13H16O2. The zero-order valence-corrected chi connectivity index (χ0v) is 9.16. The van der Waals surface area contributed by atoms with Crippen LogP contribution in [-0.2, 0) is 10.2 Å². The first kappa shape index (κ1) is 10.2. The highest BCUT2D eigenvalue weighted by Gasteiger charge is 2.49. The topological polar surface area (TPSA) is 37.3 Å². The number of carboxylic acid groups (broad SMARTS) is 1. The average Bonchev–Trinajstić information content (AvgIpc) is 2.12. The Morgan fingerprint density at radius 3 is 2.60 bits per heavy atom. The van der Waals surface area contributed by atoms with Gasteiger partial charge in [-0.25, -0.2) is 0 Å². The van der Waals surface area contributed by atoms with E-state index in [2.05, 4.69) is 6.92 Å². The van der Waals surface area contributed by atoms with Gasteiger partial charge in [-0.2, -0.15) is 0 Å². The van der Waals surface area contributed by atoms with Gasteiger partial charge in [-0.05, 0) is 31.2 Å². The number of aliphatic carboxylic acids is 1. The first-order valence-electron chi connectivity index (χ1n) is 5.35. The van der Waals surface area contributed by atoms with E-state index in [-0.39, 0.29) is 0 Å². The van der Waals surface area contributed by atoms with Crippen molar-refractivity contribution in [2.75, 3.05) is 0 Å². The fourth-order valence-electron chi connectivity index (χ4n) is 2.61. The number of rotatable bonds is 2. The number of benzene rings is 1. The van der Waals surface area contributed by atoms with Crippen molar-refractivity contribution < 1.29 is 9.90 Å². The zero-order valence-electron chi connectivity index (χ0n) is 9.16. The molecule has 80 valence electrons. The lowest BCUT2D eigenvalue weighted by Gasteiger charge is -2.43. The van der Waals surface area contributed by atoms with E-state index in [0.29, 0.717) is 5.92 Å². The number of hydrogen-bond donors (Lipinski definition) is 1. The first-order chi connectivity index (χ1) is 7.04. The summed E-state index contributed by atoms with van der Waals surface area (Å²) < 4.78 is 0. The molecule has 0 aromatic heterocycles. The van der Waals surface area contributed by atoms with Crippen LogP contribution in [0.1, 0.15) is 30.9 Å². The maximum Gasteiger partial charge on any atom is 0.314 e. The highest BCUT2D eigenvalue weighted by molar-refractivity contribution is 5.82. The average molecular weight is 204 g/mol. The molecule has 0 heterocycles. The molecule has 1 aromatic rings. The standard InChI is InChI=1S/C13H16O2/c1-9-4-3-5-11(6-9)13(12(14)15)7-10(2)8-13/h3-6,10H,7-8H2,1-2H3,(H,14,15). The second-order valence-corrected chi connectivity index (χ2v) is 4.77.